The Hall–Kier alpha value is -1.26. The van der Waals surface area contributed by atoms with Crippen molar-refractivity contribution in [3.8, 4) is 5.75 Å². The molecule has 4 nitrogen and oxygen atoms in total. The van der Waals surface area contributed by atoms with Gasteiger partial charge in [-0.05, 0) is 43.9 Å². The van der Waals surface area contributed by atoms with Gasteiger partial charge < -0.3 is 15.4 Å². The molecule has 126 valence electrons. The van der Waals surface area contributed by atoms with E-state index < -0.39 is 0 Å². The molecule has 1 atom stereocenters. The van der Waals surface area contributed by atoms with Crippen molar-refractivity contribution < 1.29 is 9.53 Å². The fourth-order valence-electron chi connectivity index (χ4n) is 2.15. The molecular formula is C17H29ClN2O2. The van der Waals surface area contributed by atoms with E-state index in [0.29, 0.717) is 13.0 Å². The van der Waals surface area contributed by atoms with Gasteiger partial charge in [-0.25, -0.2) is 0 Å². The van der Waals surface area contributed by atoms with Crippen molar-refractivity contribution in [2.75, 3.05) is 20.7 Å². The first-order chi connectivity index (χ1) is 10.1. The number of likely N-dealkylation sites (N-methyl/N-ethyl adjacent to an activating group) is 1. The second-order valence-electron chi connectivity index (χ2n) is 5.50. The standard InChI is InChI=1S/C17H28N2O2.ClH/c1-14(13-18)19(2)17(20)8-6-4-5-7-15-9-11-16(21-3)12-10-15;/h9-12,14H,4-8,13,18H2,1-3H3;1H. The van der Waals surface area contributed by atoms with Crippen molar-refractivity contribution >= 4 is 18.3 Å². The van der Waals surface area contributed by atoms with Crippen LogP contribution in [0.1, 0.15) is 38.2 Å². The van der Waals surface area contributed by atoms with Crippen LogP contribution < -0.4 is 10.5 Å². The summed E-state index contributed by atoms with van der Waals surface area (Å²) in [5.41, 5.74) is 6.89. The van der Waals surface area contributed by atoms with Gasteiger partial charge in [-0.2, -0.15) is 0 Å². The number of hydrogen-bond acceptors (Lipinski definition) is 3. The summed E-state index contributed by atoms with van der Waals surface area (Å²) in [6.45, 7) is 2.49. The fourth-order valence-corrected chi connectivity index (χ4v) is 2.15. The molecule has 0 saturated heterocycles. The topological polar surface area (TPSA) is 55.6 Å². The summed E-state index contributed by atoms with van der Waals surface area (Å²) in [7, 11) is 3.51. The molecule has 5 heteroatoms. The summed E-state index contributed by atoms with van der Waals surface area (Å²) < 4.78 is 5.14. The second kappa shape index (κ2) is 11.3. The van der Waals surface area contributed by atoms with E-state index in [4.69, 9.17) is 10.5 Å². The Balaban J connectivity index is 0.00000441. The van der Waals surface area contributed by atoms with Crippen LogP contribution in [0, 0.1) is 0 Å². The largest absolute Gasteiger partial charge is 0.497 e. The van der Waals surface area contributed by atoms with Gasteiger partial charge >= 0.3 is 0 Å². The summed E-state index contributed by atoms with van der Waals surface area (Å²) in [5.74, 6) is 1.08. The molecule has 0 fully saturated rings. The van der Waals surface area contributed by atoms with Crippen molar-refractivity contribution in [3.05, 3.63) is 29.8 Å². The third kappa shape index (κ3) is 7.14. The molecule has 0 heterocycles. The Morgan fingerprint density at radius 2 is 1.86 bits per heavy atom. The highest BCUT2D eigenvalue weighted by molar-refractivity contribution is 5.85. The molecular weight excluding hydrogens is 300 g/mol. The zero-order chi connectivity index (χ0) is 15.7. The van der Waals surface area contributed by atoms with Crippen LogP contribution in [0.15, 0.2) is 24.3 Å². The number of ether oxygens (including phenoxy) is 1. The first-order valence-corrected chi connectivity index (χ1v) is 7.67. The van der Waals surface area contributed by atoms with Gasteiger partial charge in [0.25, 0.3) is 0 Å². The van der Waals surface area contributed by atoms with Crippen molar-refractivity contribution in [2.24, 2.45) is 5.73 Å². The van der Waals surface area contributed by atoms with E-state index in [1.807, 2.05) is 26.1 Å². The molecule has 1 amide bonds. The van der Waals surface area contributed by atoms with Gasteiger partial charge in [0.2, 0.25) is 5.91 Å². The lowest BCUT2D eigenvalue weighted by molar-refractivity contribution is -0.131. The maximum absolute atomic E-state index is 11.9. The molecule has 0 aromatic heterocycles. The summed E-state index contributed by atoms with van der Waals surface area (Å²) in [4.78, 5) is 13.7. The fraction of sp³-hybridized carbons (Fsp3) is 0.588. The van der Waals surface area contributed by atoms with Crippen LogP contribution in [0.25, 0.3) is 0 Å². The molecule has 1 aromatic carbocycles. The van der Waals surface area contributed by atoms with Crippen LogP contribution in [0.3, 0.4) is 0 Å². The van der Waals surface area contributed by atoms with Crippen LogP contribution in [0.2, 0.25) is 0 Å². The predicted molar refractivity (Wildman–Crippen MR) is 93.7 cm³/mol. The number of carbonyl (C=O) groups is 1. The third-order valence-corrected chi connectivity index (χ3v) is 3.91. The Labute approximate surface area is 140 Å². The highest BCUT2D eigenvalue weighted by Crippen LogP contribution is 2.14. The molecule has 0 spiro atoms. The first-order valence-electron chi connectivity index (χ1n) is 7.67. The number of aryl methyl sites for hydroxylation is 1. The average molecular weight is 329 g/mol. The van der Waals surface area contributed by atoms with Crippen LogP contribution in [-0.2, 0) is 11.2 Å². The van der Waals surface area contributed by atoms with Gasteiger partial charge in [0.1, 0.15) is 5.75 Å². The average Bonchev–Trinajstić information content (AvgIpc) is 2.53. The number of halogens is 1. The third-order valence-electron chi connectivity index (χ3n) is 3.91. The quantitative estimate of drug-likeness (QED) is 0.709. The van der Waals surface area contributed by atoms with Crippen LogP contribution in [0.5, 0.6) is 5.75 Å². The lowest BCUT2D eigenvalue weighted by atomic mass is 10.1. The number of amides is 1. The van der Waals surface area contributed by atoms with Gasteiger partial charge in [-0.3, -0.25) is 4.79 Å². The summed E-state index contributed by atoms with van der Waals surface area (Å²) in [6, 6.07) is 8.29. The molecule has 0 aliphatic rings. The van der Waals surface area contributed by atoms with Crippen molar-refractivity contribution in [2.45, 2.75) is 45.1 Å². The molecule has 22 heavy (non-hydrogen) atoms. The Morgan fingerprint density at radius 1 is 1.23 bits per heavy atom. The molecule has 0 radical (unpaired) electrons. The van der Waals surface area contributed by atoms with Gasteiger partial charge in [0.05, 0.1) is 7.11 Å². The number of nitrogens with zero attached hydrogens (tertiary/aromatic N) is 1. The number of rotatable bonds is 9. The highest BCUT2D eigenvalue weighted by Gasteiger charge is 2.13. The van der Waals surface area contributed by atoms with Crippen LogP contribution in [-0.4, -0.2) is 37.6 Å². The van der Waals surface area contributed by atoms with E-state index in [1.165, 1.54) is 5.56 Å². The normalized spacial score (nSPS) is 11.5. The van der Waals surface area contributed by atoms with E-state index in [1.54, 1.807) is 12.0 Å². The summed E-state index contributed by atoms with van der Waals surface area (Å²) in [5, 5.41) is 0. The predicted octanol–water partition coefficient (Wildman–Crippen LogP) is 3.03. The Kier molecular flexibility index (Phi) is 10.7. The molecule has 1 aromatic rings. The van der Waals surface area contributed by atoms with E-state index in [2.05, 4.69) is 12.1 Å². The smallest absolute Gasteiger partial charge is 0.222 e. The van der Waals surface area contributed by atoms with Gasteiger partial charge in [-0.1, -0.05) is 18.6 Å². The molecule has 1 rings (SSSR count). The van der Waals surface area contributed by atoms with Crippen LogP contribution in [0.4, 0.5) is 0 Å². The maximum atomic E-state index is 11.9. The minimum absolute atomic E-state index is 0. The van der Waals surface area contributed by atoms with Crippen LogP contribution >= 0.6 is 12.4 Å². The zero-order valence-electron chi connectivity index (χ0n) is 13.9. The molecule has 1 unspecified atom stereocenters. The molecule has 0 saturated carbocycles. The molecule has 0 bridgehead atoms. The minimum Gasteiger partial charge on any atom is -0.497 e. The number of carbonyl (C=O) groups excluding carboxylic acids is 1. The second-order valence-corrected chi connectivity index (χ2v) is 5.50. The minimum atomic E-state index is 0. The number of hydrogen-bond donors (Lipinski definition) is 1. The Morgan fingerprint density at radius 3 is 2.41 bits per heavy atom. The monoisotopic (exact) mass is 328 g/mol. The number of nitrogens with two attached hydrogens (primary N) is 1. The lowest BCUT2D eigenvalue weighted by Gasteiger charge is -2.23. The van der Waals surface area contributed by atoms with E-state index >= 15 is 0 Å². The van der Waals surface area contributed by atoms with E-state index in [-0.39, 0.29) is 24.4 Å². The van der Waals surface area contributed by atoms with Crippen molar-refractivity contribution in [3.63, 3.8) is 0 Å². The SMILES string of the molecule is COc1ccc(CCCCCC(=O)N(C)C(C)CN)cc1.Cl. The zero-order valence-corrected chi connectivity index (χ0v) is 14.7. The van der Waals surface area contributed by atoms with Gasteiger partial charge in [0.15, 0.2) is 0 Å². The number of benzene rings is 1. The van der Waals surface area contributed by atoms with Gasteiger partial charge in [-0.15, -0.1) is 12.4 Å². The van der Waals surface area contributed by atoms with E-state index in [0.717, 1.165) is 31.4 Å². The highest BCUT2D eigenvalue weighted by atomic mass is 35.5. The first kappa shape index (κ1) is 20.7. The number of methoxy groups -OCH3 is 1. The van der Waals surface area contributed by atoms with Gasteiger partial charge in [0, 0.05) is 26.1 Å². The molecule has 0 aliphatic carbocycles. The maximum Gasteiger partial charge on any atom is 0.222 e. The summed E-state index contributed by atoms with van der Waals surface area (Å²) >= 11 is 0. The number of unbranched alkanes of at least 4 members (excludes halogenated alkanes) is 2. The van der Waals surface area contributed by atoms with E-state index in [9.17, 15) is 4.79 Å². The van der Waals surface area contributed by atoms with Crippen molar-refractivity contribution in [1.29, 1.82) is 0 Å². The van der Waals surface area contributed by atoms with Crippen molar-refractivity contribution in [1.82, 2.24) is 4.90 Å². The molecule has 2 N–H and O–H groups in total. The summed E-state index contributed by atoms with van der Waals surface area (Å²) in [6.07, 6.45) is 4.78. The lowest BCUT2D eigenvalue weighted by Crippen LogP contribution is -2.39. The molecule has 0 aliphatic heterocycles. The Bertz CT molecular complexity index is 423.